The number of hydrogen-bond acceptors (Lipinski definition) is 5. The Balaban J connectivity index is 1.39. The van der Waals surface area contributed by atoms with Gasteiger partial charge in [0.25, 0.3) is 5.91 Å². The van der Waals surface area contributed by atoms with Crippen LogP contribution in [0.2, 0.25) is 20.1 Å². The number of unbranched alkanes of at least 4 members (excludes halogenated alkanes) is 2. The number of likely N-dealkylation sites (N-methyl/N-ethyl adjacent to an activating group) is 1. The van der Waals surface area contributed by atoms with Crippen LogP contribution in [0.25, 0.3) is 16.7 Å². The van der Waals surface area contributed by atoms with Crippen molar-refractivity contribution in [3.05, 3.63) is 118 Å². The zero-order valence-corrected chi connectivity index (χ0v) is 38.1. The third-order valence-corrected chi connectivity index (χ3v) is 14.5. The number of carboxylic acid groups (broad SMARTS) is 1. The molecule has 0 atom stereocenters. The average Bonchev–Trinajstić information content (AvgIpc) is 3.46. The Morgan fingerprint density at radius 1 is 0.831 bits per heavy atom. The summed E-state index contributed by atoms with van der Waals surface area (Å²) in [4.78, 5) is 45.6. The molecule has 4 aliphatic rings. The van der Waals surface area contributed by atoms with Gasteiger partial charge in [-0.25, -0.2) is 14.2 Å². The quantitative estimate of drug-likeness (QED) is 0.0997. The summed E-state index contributed by atoms with van der Waals surface area (Å²) in [5, 5.41) is 13.4. The number of fused-ring (bicyclic) bond motifs is 4. The van der Waals surface area contributed by atoms with Crippen molar-refractivity contribution in [2.24, 2.45) is 0 Å². The Morgan fingerprint density at radius 3 is 2.14 bits per heavy atom. The molecular weight excluding hydrogens is 828 g/mol. The number of amides is 1. The molecule has 0 aromatic heterocycles. The first kappa shape index (κ1) is 43.0. The van der Waals surface area contributed by atoms with Gasteiger partial charge in [0.1, 0.15) is 7.05 Å². The molecule has 3 aliphatic heterocycles. The Labute approximate surface area is 366 Å². The van der Waals surface area contributed by atoms with Gasteiger partial charge in [-0.05, 0) is 110 Å². The maximum absolute atomic E-state index is 13.2. The molecule has 1 N–H and O–H groups in total. The van der Waals surface area contributed by atoms with E-state index in [4.69, 9.17) is 51.2 Å². The van der Waals surface area contributed by atoms with Gasteiger partial charge in [-0.1, -0.05) is 79.3 Å². The number of nitrogens with zero attached hydrogens (tertiary/aromatic N) is 3. The molecule has 310 valence electrons. The van der Waals surface area contributed by atoms with Gasteiger partial charge in [0.05, 0.1) is 36.9 Å². The van der Waals surface area contributed by atoms with Crippen LogP contribution in [0.4, 0.5) is 5.69 Å². The summed E-state index contributed by atoms with van der Waals surface area (Å²) >= 11 is 27.2. The van der Waals surface area contributed by atoms with Gasteiger partial charge < -0.3 is 14.8 Å². The first-order chi connectivity index (χ1) is 27.5. The molecular formula is C47H50Cl4N3O5+. The molecule has 0 spiro atoms. The Morgan fingerprint density at radius 2 is 1.49 bits per heavy atom. The summed E-state index contributed by atoms with van der Waals surface area (Å²) in [6.07, 6.45) is 7.68. The molecule has 7 rings (SSSR count). The van der Waals surface area contributed by atoms with Crippen LogP contribution in [0, 0.1) is 0 Å². The zero-order valence-electron chi connectivity index (χ0n) is 35.1. The number of hydrogen-bond donors (Lipinski definition) is 1. The third-order valence-electron chi connectivity index (χ3n) is 12.7. The van der Waals surface area contributed by atoms with Crippen molar-refractivity contribution in [1.29, 1.82) is 0 Å². The lowest BCUT2D eigenvalue weighted by Gasteiger charge is -2.45. The average molecular weight is 879 g/mol. The summed E-state index contributed by atoms with van der Waals surface area (Å²) in [5.74, 6) is -1.96. The fraction of sp³-hybridized carbons (Fsp3) is 0.404. The van der Waals surface area contributed by atoms with E-state index >= 15 is 0 Å². The SMILES string of the molecule is C=C1CCC(=O)N1OC(=O)CCCCCN1c2cc3c(cc2C(C)=CC1(C)C)C(c1c(Cl)c(Cl)c(Cl)c(Cl)c1C(=O)O)=c1cc2c(cc1C3(C)C)=[N+](C)C(C)(C)C=C2C. The van der Waals surface area contributed by atoms with Gasteiger partial charge >= 0.3 is 11.9 Å². The van der Waals surface area contributed by atoms with Gasteiger partial charge in [0.15, 0.2) is 5.54 Å². The van der Waals surface area contributed by atoms with E-state index in [1.54, 1.807) is 0 Å². The fourth-order valence-corrected chi connectivity index (χ4v) is 10.4. The van der Waals surface area contributed by atoms with E-state index in [-0.39, 0.29) is 54.6 Å². The van der Waals surface area contributed by atoms with Gasteiger partial charge in [0.2, 0.25) is 5.36 Å². The normalized spacial score (nSPS) is 18.5. The number of benzene rings is 3. The van der Waals surface area contributed by atoms with Crippen molar-refractivity contribution in [2.45, 2.75) is 110 Å². The number of anilines is 1. The topological polar surface area (TPSA) is 90.2 Å². The second-order valence-electron chi connectivity index (χ2n) is 17.8. The highest BCUT2D eigenvalue weighted by Crippen LogP contribution is 2.51. The molecule has 1 amide bonds. The van der Waals surface area contributed by atoms with E-state index in [0.29, 0.717) is 37.1 Å². The van der Waals surface area contributed by atoms with Crippen molar-refractivity contribution >= 4 is 86.7 Å². The standard InChI is InChI=1S/C47H49Cl4N3O5/c1-24-22-45(4,5)52(10)33-20-31-29(18-27(24)33)37(38-39(44(57)58)41(49)43(51)42(50)40(38)48)30-19-28-25(2)23-46(6,7)53(34(28)21-32(30)47(31,8)9)17-13-11-12-14-36(56)59-54-26(3)15-16-35(54)55/h18-23H,3,11-17H2,1-2,4-10H3/p+1. The summed E-state index contributed by atoms with van der Waals surface area (Å²) in [7, 11) is 2.10. The monoisotopic (exact) mass is 876 g/mol. The summed E-state index contributed by atoms with van der Waals surface area (Å²) in [5.41, 5.74) is 8.09. The second-order valence-corrected chi connectivity index (χ2v) is 19.4. The number of allylic oxidation sites excluding steroid dienone is 3. The predicted octanol–water partition coefficient (Wildman–Crippen LogP) is 10.4. The van der Waals surface area contributed by atoms with Crippen LogP contribution in [-0.4, -0.2) is 52.7 Å². The summed E-state index contributed by atoms with van der Waals surface area (Å²) in [6, 6.07) is 8.83. The summed E-state index contributed by atoms with van der Waals surface area (Å²) < 4.78 is 2.28. The zero-order chi connectivity index (χ0) is 43.3. The Kier molecular flexibility index (Phi) is 11.0. The van der Waals surface area contributed by atoms with Crippen LogP contribution >= 0.6 is 46.4 Å². The molecule has 8 nitrogen and oxygen atoms in total. The van der Waals surface area contributed by atoms with Crippen LogP contribution < -0.4 is 20.1 Å². The van der Waals surface area contributed by atoms with Gasteiger partial charge in [-0.15, -0.1) is 5.06 Å². The van der Waals surface area contributed by atoms with Crippen LogP contribution in [0.1, 0.15) is 138 Å². The minimum Gasteiger partial charge on any atom is -0.478 e. The molecule has 1 fully saturated rings. The van der Waals surface area contributed by atoms with E-state index in [1.807, 2.05) is 0 Å². The molecule has 1 aliphatic carbocycles. The molecule has 3 heterocycles. The van der Waals surface area contributed by atoms with Crippen molar-refractivity contribution in [1.82, 2.24) is 9.64 Å². The number of rotatable bonds is 9. The maximum Gasteiger partial charge on any atom is 0.337 e. The summed E-state index contributed by atoms with van der Waals surface area (Å²) in [6.45, 7) is 21.9. The number of hydroxylamine groups is 2. The van der Waals surface area contributed by atoms with E-state index in [2.05, 4.69) is 115 Å². The molecule has 0 unspecified atom stereocenters. The van der Waals surface area contributed by atoms with E-state index in [1.165, 1.54) is 0 Å². The lowest BCUT2D eigenvalue weighted by Crippen LogP contribution is -2.48. The fourth-order valence-electron chi connectivity index (χ4n) is 9.41. The molecule has 12 heteroatoms. The minimum absolute atomic E-state index is 0.0144. The molecule has 0 radical (unpaired) electrons. The molecule has 0 saturated carbocycles. The van der Waals surface area contributed by atoms with Gasteiger partial charge in [-0.2, -0.15) is 0 Å². The number of carboxylic acids is 1. The van der Waals surface area contributed by atoms with Crippen molar-refractivity contribution in [3.63, 3.8) is 0 Å². The lowest BCUT2D eigenvalue weighted by molar-refractivity contribution is -0.186. The van der Waals surface area contributed by atoms with Crippen molar-refractivity contribution in [3.8, 4) is 0 Å². The minimum atomic E-state index is -1.27. The van der Waals surface area contributed by atoms with E-state index < -0.39 is 17.4 Å². The first-order valence-corrected chi connectivity index (χ1v) is 21.5. The van der Waals surface area contributed by atoms with E-state index in [0.717, 1.165) is 73.1 Å². The Hall–Kier alpha value is -4.08. The Bertz CT molecular complexity index is 2600. The highest BCUT2D eigenvalue weighted by molar-refractivity contribution is 6.53. The largest absolute Gasteiger partial charge is 0.478 e. The molecule has 0 bridgehead atoms. The number of carbonyl (C=O) groups is 3. The van der Waals surface area contributed by atoms with Crippen molar-refractivity contribution < 1.29 is 24.3 Å². The smallest absolute Gasteiger partial charge is 0.337 e. The van der Waals surface area contributed by atoms with Crippen LogP contribution in [0.15, 0.2) is 48.7 Å². The maximum atomic E-state index is 13.2. The molecule has 3 aromatic carbocycles. The van der Waals surface area contributed by atoms with Crippen LogP contribution in [0.5, 0.6) is 0 Å². The third kappa shape index (κ3) is 7.12. The highest BCUT2D eigenvalue weighted by Gasteiger charge is 2.42. The highest BCUT2D eigenvalue weighted by atomic mass is 35.5. The number of carbonyl (C=O) groups excluding carboxylic acids is 2. The molecule has 59 heavy (non-hydrogen) atoms. The molecule has 3 aromatic rings. The number of halogens is 4. The second kappa shape index (κ2) is 15.1. The van der Waals surface area contributed by atoms with Crippen LogP contribution in [0.3, 0.4) is 0 Å². The van der Waals surface area contributed by atoms with E-state index in [9.17, 15) is 19.5 Å². The van der Waals surface area contributed by atoms with Crippen LogP contribution in [-0.2, 0) is 19.8 Å². The number of aromatic carboxylic acids is 1. The molecule has 1 saturated heterocycles. The first-order valence-electron chi connectivity index (χ1n) is 20.0. The van der Waals surface area contributed by atoms with Crippen molar-refractivity contribution in [2.75, 3.05) is 18.5 Å². The van der Waals surface area contributed by atoms with Gasteiger partial charge in [0, 0.05) is 67.1 Å². The van der Waals surface area contributed by atoms with Gasteiger partial charge in [-0.3, -0.25) is 4.79 Å². The predicted molar refractivity (Wildman–Crippen MR) is 239 cm³/mol. The lowest BCUT2D eigenvalue weighted by atomic mass is 9.67.